The van der Waals surface area contributed by atoms with Crippen LogP contribution in [0.25, 0.3) is 21.9 Å². The van der Waals surface area contributed by atoms with E-state index in [0.29, 0.717) is 5.56 Å². The van der Waals surface area contributed by atoms with Crippen molar-refractivity contribution in [1.29, 1.82) is 0 Å². The van der Waals surface area contributed by atoms with Gasteiger partial charge in [-0.15, -0.1) is 0 Å². The minimum atomic E-state index is -0.895. The summed E-state index contributed by atoms with van der Waals surface area (Å²) in [5.74, 6) is 1.74. The van der Waals surface area contributed by atoms with Gasteiger partial charge in [0.25, 0.3) is 0 Å². The zero-order chi connectivity index (χ0) is 24.2. The lowest BCUT2D eigenvalue weighted by Gasteiger charge is -2.57. The summed E-state index contributed by atoms with van der Waals surface area (Å²) in [7, 11) is 3.45. The summed E-state index contributed by atoms with van der Waals surface area (Å²) < 4.78 is 11.3. The van der Waals surface area contributed by atoms with E-state index in [1.54, 1.807) is 26.4 Å². The Balaban J connectivity index is 1.45. The van der Waals surface area contributed by atoms with Crippen molar-refractivity contribution < 1.29 is 19.4 Å². The fourth-order valence-corrected chi connectivity index (χ4v) is 7.88. The molecule has 0 amide bonds. The lowest BCUT2D eigenvalue weighted by atomic mass is 9.47. The number of rotatable bonds is 7. The minimum absolute atomic E-state index is 0.243. The Bertz CT molecular complexity index is 1220. The molecular weight excluding hydrogens is 436 g/mol. The van der Waals surface area contributed by atoms with E-state index in [1.807, 2.05) is 12.1 Å². The molecule has 4 heteroatoms. The SMILES string of the molecule is COC(Cc1cc2ccc(-c3ccc(C(=O)O)cc3)cc2cc1C12CC3CC(CC(C3)C1)C2)OC. The molecule has 0 atom stereocenters. The summed E-state index contributed by atoms with van der Waals surface area (Å²) in [5.41, 5.74) is 5.63. The van der Waals surface area contributed by atoms with Crippen LogP contribution in [0.2, 0.25) is 0 Å². The number of carboxylic acids is 1. The highest BCUT2D eigenvalue weighted by atomic mass is 16.7. The molecule has 7 rings (SSSR count). The quantitative estimate of drug-likeness (QED) is 0.384. The predicted molar refractivity (Wildman–Crippen MR) is 138 cm³/mol. The van der Waals surface area contributed by atoms with Gasteiger partial charge in [0.15, 0.2) is 6.29 Å². The van der Waals surface area contributed by atoms with Crippen molar-refractivity contribution in [2.75, 3.05) is 14.2 Å². The van der Waals surface area contributed by atoms with E-state index >= 15 is 0 Å². The molecule has 0 aliphatic heterocycles. The van der Waals surface area contributed by atoms with Crippen LogP contribution in [-0.2, 0) is 21.3 Å². The molecule has 0 radical (unpaired) electrons. The molecule has 0 heterocycles. The third-order valence-electron chi connectivity index (χ3n) is 9.05. The lowest BCUT2D eigenvalue weighted by Crippen LogP contribution is -2.49. The van der Waals surface area contributed by atoms with Crippen molar-refractivity contribution in [2.24, 2.45) is 17.8 Å². The second-order valence-electron chi connectivity index (χ2n) is 11.3. The molecule has 4 aliphatic rings. The molecule has 35 heavy (non-hydrogen) atoms. The normalized spacial score (nSPS) is 27.1. The van der Waals surface area contributed by atoms with Gasteiger partial charge >= 0.3 is 5.97 Å². The largest absolute Gasteiger partial charge is 0.478 e. The molecule has 4 aliphatic carbocycles. The maximum Gasteiger partial charge on any atom is 0.335 e. The van der Waals surface area contributed by atoms with E-state index in [2.05, 4.69) is 30.3 Å². The van der Waals surface area contributed by atoms with Gasteiger partial charge in [0.2, 0.25) is 0 Å². The first kappa shape index (κ1) is 22.8. The maximum atomic E-state index is 11.3. The predicted octanol–water partition coefficient (Wildman–Crippen LogP) is 6.83. The fraction of sp³-hybridized carbons (Fsp3) is 0.452. The van der Waals surface area contributed by atoms with Crippen LogP contribution in [0, 0.1) is 17.8 Å². The Kier molecular flexibility index (Phi) is 5.69. The minimum Gasteiger partial charge on any atom is -0.478 e. The summed E-state index contributed by atoms with van der Waals surface area (Å²) in [6.07, 6.45) is 8.76. The van der Waals surface area contributed by atoms with Gasteiger partial charge in [0, 0.05) is 20.6 Å². The highest BCUT2D eigenvalue weighted by Gasteiger charge is 2.52. The van der Waals surface area contributed by atoms with Crippen LogP contribution in [-0.4, -0.2) is 31.6 Å². The third-order valence-corrected chi connectivity index (χ3v) is 9.05. The number of aromatic carboxylic acids is 1. The first-order chi connectivity index (χ1) is 17.0. The van der Waals surface area contributed by atoms with Gasteiger partial charge < -0.3 is 14.6 Å². The van der Waals surface area contributed by atoms with Gasteiger partial charge in [-0.1, -0.05) is 36.4 Å². The Labute approximate surface area is 207 Å². The van der Waals surface area contributed by atoms with E-state index in [4.69, 9.17) is 9.47 Å². The first-order valence-corrected chi connectivity index (χ1v) is 12.9. The van der Waals surface area contributed by atoms with E-state index in [1.165, 1.54) is 60.4 Å². The molecule has 0 saturated heterocycles. The number of fused-ring (bicyclic) bond motifs is 1. The number of benzene rings is 3. The Morgan fingerprint density at radius 1 is 0.857 bits per heavy atom. The smallest absolute Gasteiger partial charge is 0.335 e. The van der Waals surface area contributed by atoms with Gasteiger partial charge in [-0.05, 0) is 113 Å². The molecular formula is C31H34O4. The molecule has 4 bridgehead atoms. The molecule has 4 fully saturated rings. The van der Waals surface area contributed by atoms with Crippen LogP contribution in [0.4, 0.5) is 0 Å². The summed E-state index contributed by atoms with van der Waals surface area (Å²) in [4.78, 5) is 11.3. The number of methoxy groups -OCH3 is 2. The van der Waals surface area contributed by atoms with E-state index in [0.717, 1.165) is 35.3 Å². The lowest BCUT2D eigenvalue weighted by molar-refractivity contribution is -0.101. The van der Waals surface area contributed by atoms with Crippen LogP contribution in [0.15, 0.2) is 54.6 Å². The van der Waals surface area contributed by atoms with E-state index in [-0.39, 0.29) is 11.7 Å². The number of ether oxygens (including phenoxy) is 2. The maximum absolute atomic E-state index is 11.3. The highest BCUT2D eigenvalue weighted by molar-refractivity contribution is 5.91. The average molecular weight is 471 g/mol. The molecule has 4 saturated carbocycles. The third kappa shape index (κ3) is 4.07. The van der Waals surface area contributed by atoms with Gasteiger partial charge in [-0.3, -0.25) is 0 Å². The highest BCUT2D eigenvalue weighted by Crippen LogP contribution is 2.61. The van der Waals surface area contributed by atoms with Crippen molar-refractivity contribution in [2.45, 2.75) is 56.7 Å². The van der Waals surface area contributed by atoms with Crippen molar-refractivity contribution >= 4 is 16.7 Å². The summed E-state index contributed by atoms with van der Waals surface area (Å²) >= 11 is 0. The van der Waals surface area contributed by atoms with Crippen LogP contribution in [0.3, 0.4) is 0 Å². The van der Waals surface area contributed by atoms with Gasteiger partial charge in [0.05, 0.1) is 5.56 Å². The topological polar surface area (TPSA) is 55.8 Å². The Morgan fingerprint density at radius 3 is 2.03 bits per heavy atom. The summed E-state index contributed by atoms with van der Waals surface area (Å²) in [6.45, 7) is 0. The zero-order valence-corrected chi connectivity index (χ0v) is 20.6. The average Bonchev–Trinajstić information content (AvgIpc) is 2.85. The van der Waals surface area contributed by atoms with Crippen LogP contribution in [0.5, 0.6) is 0 Å². The summed E-state index contributed by atoms with van der Waals surface area (Å²) in [5, 5.41) is 11.7. The van der Waals surface area contributed by atoms with Crippen molar-refractivity contribution in [3.05, 3.63) is 71.3 Å². The molecule has 3 aromatic rings. The molecule has 0 spiro atoms. The van der Waals surface area contributed by atoms with E-state index in [9.17, 15) is 9.90 Å². The fourth-order valence-electron chi connectivity index (χ4n) is 7.88. The second kappa shape index (κ2) is 8.76. The first-order valence-electron chi connectivity index (χ1n) is 12.9. The van der Waals surface area contributed by atoms with Crippen LogP contribution in [0.1, 0.15) is 60.0 Å². The zero-order valence-electron chi connectivity index (χ0n) is 20.6. The number of hydrogen-bond donors (Lipinski definition) is 1. The second-order valence-corrected chi connectivity index (χ2v) is 11.3. The van der Waals surface area contributed by atoms with Gasteiger partial charge in [-0.25, -0.2) is 4.79 Å². The Hall–Kier alpha value is -2.69. The Morgan fingerprint density at radius 2 is 1.46 bits per heavy atom. The molecule has 182 valence electrons. The van der Waals surface area contributed by atoms with E-state index < -0.39 is 5.97 Å². The molecule has 4 nitrogen and oxygen atoms in total. The van der Waals surface area contributed by atoms with Gasteiger partial charge in [0.1, 0.15) is 0 Å². The molecule has 1 N–H and O–H groups in total. The summed E-state index contributed by atoms with van der Waals surface area (Å²) in [6, 6.07) is 18.6. The number of carboxylic acid groups (broad SMARTS) is 1. The molecule has 0 unspecified atom stereocenters. The van der Waals surface area contributed by atoms with Gasteiger partial charge in [-0.2, -0.15) is 0 Å². The monoisotopic (exact) mass is 470 g/mol. The van der Waals surface area contributed by atoms with Crippen LogP contribution >= 0.6 is 0 Å². The standard InChI is InChI=1S/C31H34O4/c1-34-29(35-2)15-27-13-25-8-7-24(22-3-5-23(6-4-22)30(32)33)12-26(25)14-28(27)31-16-19-9-20(17-31)11-21(10-19)18-31/h3-8,12-14,19-21,29H,9-11,15-18H2,1-2H3,(H,32,33). The number of hydrogen-bond acceptors (Lipinski definition) is 3. The molecule has 0 aromatic heterocycles. The van der Waals surface area contributed by atoms with Crippen LogP contribution < -0.4 is 0 Å². The van der Waals surface area contributed by atoms with Crippen molar-refractivity contribution in [3.63, 3.8) is 0 Å². The molecule has 3 aromatic carbocycles. The van der Waals surface area contributed by atoms with Crippen molar-refractivity contribution in [1.82, 2.24) is 0 Å². The number of carbonyl (C=O) groups is 1. The van der Waals surface area contributed by atoms with Crippen molar-refractivity contribution in [3.8, 4) is 11.1 Å².